The zero-order valence-electron chi connectivity index (χ0n) is 6.69. The average molecular weight is 185 g/mol. The fourth-order valence-electron chi connectivity index (χ4n) is 1.68. The first-order chi connectivity index (χ1) is 5.75. The molecule has 0 bridgehead atoms. The summed E-state index contributed by atoms with van der Waals surface area (Å²) in [5, 5.41) is 0.239. The number of halogens is 2. The van der Waals surface area contributed by atoms with Gasteiger partial charge in [-0.2, -0.15) is 0 Å². The molecule has 1 atom stereocenters. The molecule has 0 aromatic heterocycles. The SMILES string of the molecule is Fc1ccc2c(c1)CC[C@@H](Cl)C2. The van der Waals surface area contributed by atoms with Crippen LogP contribution in [0.2, 0.25) is 0 Å². The molecule has 12 heavy (non-hydrogen) atoms. The minimum Gasteiger partial charge on any atom is -0.207 e. The molecule has 2 rings (SSSR count). The summed E-state index contributed by atoms with van der Waals surface area (Å²) >= 11 is 5.99. The Kier molecular flexibility index (Phi) is 2.05. The number of alkyl halides is 1. The van der Waals surface area contributed by atoms with Gasteiger partial charge in [-0.1, -0.05) is 6.07 Å². The molecule has 0 amide bonds. The average Bonchev–Trinajstić information content (AvgIpc) is 2.05. The van der Waals surface area contributed by atoms with Crippen molar-refractivity contribution in [1.82, 2.24) is 0 Å². The van der Waals surface area contributed by atoms with Gasteiger partial charge in [-0.25, -0.2) is 4.39 Å². The van der Waals surface area contributed by atoms with Crippen LogP contribution < -0.4 is 0 Å². The zero-order valence-corrected chi connectivity index (χ0v) is 7.44. The Morgan fingerprint density at radius 2 is 2.17 bits per heavy atom. The first kappa shape index (κ1) is 8.06. The van der Waals surface area contributed by atoms with Crippen molar-refractivity contribution in [1.29, 1.82) is 0 Å². The number of rotatable bonds is 0. The van der Waals surface area contributed by atoms with Crippen molar-refractivity contribution >= 4 is 11.6 Å². The van der Waals surface area contributed by atoms with E-state index in [-0.39, 0.29) is 11.2 Å². The maximum Gasteiger partial charge on any atom is 0.123 e. The summed E-state index contributed by atoms with van der Waals surface area (Å²) in [4.78, 5) is 0. The molecule has 0 nitrogen and oxygen atoms in total. The summed E-state index contributed by atoms with van der Waals surface area (Å²) in [6.07, 6.45) is 2.77. The van der Waals surface area contributed by atoms with E-state index in [1.165, 1.54) is 11.6 Å². The van der Waals surface area contributed by atoms with E-state index < -0.39 is 0 Å². The summed E-state index contributed by atoms with van der Waals surface area (Å²) in [5.74, 6) is -0.137. The normalized spacial score (nSPS) is 22.0. The highest BCUT2D eigenvalue weighted by Crippen LogP contribution is 2.24. The smallest absolute Gasteiger partial charge is 0.123 e. The third kappa shape index (κ3) is 1.46. The minimum atomic E-state index is -0.137. The largest absolute Gasteiger partial charge is 0.207 e. The molecule has 0 radical (unpaired) electrons. The van der Waals surface area contributed by atoms with Gasteiger partial charge in [0, 0.05) is 5.38 Å². The summed E-state index contributed by atoms with van der Waals surface area (Å²) in [5.41, 5.74) is 2.34. The van der Waals surface area contributed by atoms with Crippen molar-refractivity contribution in [2.24, 2.45) is 0 Å². The number of hydrogen-bond acceptors (Lipinski definition) is 0. The standard InChI is InChI=1S/C10H10ClF/c11-9-3-1-8-6-10(12)4-2-7(8)5-9/h2,4,6,9H,1,3,5H2/t9-/m1/s1. The lowest BCUT2D eigenvalue weighted by molar-refractivity contribution is 0.615. The van der Waals surface area contributed by atoms with Crippen molar-refractivity contribution < 1.29 is 4.39 Å². The molecule has 0 saturated carbocycles. The summed E-state index contributed by atoms with van der Waals surface area (Å²) in [6, 6.07) is 4.98. The predicted molar refractivity (Wildman–Crippen MR) is 48.1 cm³/mol. The molecule has 0 unspecified atom stereocenters. The van der Waals surface area contributed by atoms with Gasteiger partial charge >= 0.3 is 0 Å². The van der Waals surface area contributed by atoms with E-state index in [9.17, 15) is 4.39 Å². The molecule has 0 N–H and O–H groups in total. The minimum absolute atomic E-state index is 0.137. The van der Waals surface area contributed by atoms with E-state index in [4.69, 9.17) is 11.6 Å². The monoisotopic (exact) mass is 184 g/mol. The summed E-state index contributed by atoms with van der Waals surface area (Å²) in [7, 11) is 0. The number of hydrogen-bond donors (Lipinski definition) is 0. The molecule has 0 saturated heterocycles. The van der Waals surface area contributed by atoms with Gasteiger partial charge in [0.1, 0.15) is 5.82 Å². The highest BCUT2D eigenvalue weighted by Gasteiger charge is 2.16. The highest BCUT2D eigenvalue weighted by atomic mass is 35.5. The van der Waals surface area contributed by atoms with E-state index in [1.807, 2.05) is 6.07 Å². The first-order valence-corrected chi connectivity index (χ1v) is 4.61. The topological polar surface area (TPSA) is 0 Å². The van der Waals surface area contributed by atoms with E-state index in [1.54, 1.807) is 6.07 Å². The third-order valence-corrected chi connectivity index (χ3v) is 2.71. The second-order valence-electron chi connectivity index (χ2n) is 3.25. The number of fused-ring (bicyclic) bond motifs is 1. The zero-order chi connectivity index (χ0) is 8.55. The lowest BCUT2D eigenvalue weighted by atomic mass is 9.91. The maximum absolute atomic E-state index is 12.8. The lowest BCUT2D eigenvalue weighted by Gasteiger charge is -2.19. The van der Waals surface area contributed by atoms with Crippen molar-refractivity contribution in [3.05, 3.63) is 35.1 Å². The van der Waals surface area contributed by atoms with Crippen molar-refractivity contribution in [3.63, 3.8) is 0 Å². The van der Waals surface area contributed by atoms with Crippen LogP contribution in [0.25, 0.3) is 0 Å². The highest BCUT2D eigenvalue weighted by molar-refractivity contribution is 6.20. The molecule has 0 heterocycles. The molecule has 0 fully saturated rings. The van der Waals surface area contributed by atoms with E-state index in [0.717, 1.165) is 24.8 Å². The second kappa shape index (κ2) is 3.06. The Hall–Kier alpha value is -0.560. The molecular formula is C10H10ClF. The van der Waals surface area contributed by atoms with Gasteiger partial charge in [-0.3, -0.25) is 0 Å². The Bertz CT molecular complexity index is 296. The fourth-order valence-corrected chi connectivity index (χ4v) is 1.95. The quantitative estimate of drug-likeness (QED) is 0.544. The van der Waals surface area contributed by atoms with Crippen LogP contribution in [0, 0.1) is 5.82 Å². The van der Waals surface area contributed by atoms with E-state index in [0.29, 0.717) is 0 Å². The van der Waals surface area contributed by atoms with Crippen molar-refractivity contribution in [3.8, 4) is 0 Å². The molecule has 0 spiro atoms. The third-order valence-electron chi connectivity index (χ3n) is 2.34. The van der Waals surface area contributed by atoms with Gasteiger partial charge in [0.2, 0.25) is 0 Å². The maximum atomic E-state index is 12.8. The first-order valence-electron chi connectivity index (χ1n) is 4.17. The van der Waals surface area contributed by atoms with E-state index >= 15 is 0 Å². The Balaban J connectivity index is 2.37. The molecular weight excluding hydrogens is 175 g/mol. The van der Waals surface area contributed by atoms with Crippen LogP contribution in [0.3, 0.4) is 0 Å². The molecule has 2 heteroatoms. The molecule has 0 aliphatic heterocycles. The number of benzene rings is 1. The van der Waals surface area contributed by atoms with Crippen molar-refractivity contribution in [2.45, 2.75) is 24.6 Å². The van der Waals surface area contributed by atoms with Crippen LogP contribution in [0.5, 0.6) is 0 Å². The van der Waals surface area contributed by atoms with Gasteiger partial charge in [-0.05, 0) is 42.5 Å². The summed E-state index contributed by atoms with van der Waals surface area (Å²) < 4.78 is 12.8. The van der Waals surface area contributed by atoms with Gasteiger partial charge < -0.3 is 0 Å². The van der Waals surface area contributed by atoms with Crippen LogP contribution >= 0.6 is 11.6 Å². The van der Waals surface area contributed by atoms with Gasteiger partial charge in [-0.15, -0.1) is 11.6 Å². The van der Waals surface area contributed by atoms with Gasteiger partial charge in [0.05, 0.1) is 0 Å². The van der Waals surface area contributed by atoms with Crippen LogP contribution in [-0.4, -0.2) is 5.38 Å². The Labute approximate surface area is 76.4 Å². The van der Waals surface area contributed by atoms with Crippen LogP contribution in [0.1, 0.15) is 17.5 Å². The Morgan fingerprint density at radius 1 is 1.33 bits per heavy atom. The second-order valence-corrected chi connectivity index (χ2v) is 3.87. The van der Waals surface area contributed by atoms with Crippen LogP contribution in [-0.2, 0) is 12.8 Å². The molecule has 64 valence electrons. The molecule has 1 aromatic rings. The fraction of sp³-hybridized carbons (Fsp3) is 0.400. The molecule has 1 aromatic carbocycles. The number of aryl methyl sites for hydroxylation is 1. The lowest BCUT2D eigenvalue weighted by Crippen LogP contribution is -2.13. The predicted octanol–water partition coefficient (Wildman–Crippen LogP) is 2.92. The molecule has 1 aliphatic rings. The van der Waals surface area contributed by atoms with Crippen LogP contribution in [0.15, 0.2) is 18.2 Å². The van der Waals surface area contributed by atoms with Crippen molar-refractivity contribution in [2.75, 3.05) is 0 Å². The summed E-state index contributed by atoms with van der Waals surface area (Å²) in [6.45, 7) is 0. The Morgan fingerprint density at radius 3 is 3.00 bits per heavy atom. The van der Waals surface area contributed by atoms with E-state index in [2.05, 4.69) is 0 Å². The van der Waals surface area contributed by atoms with Gasteiger partial charge in [0.15, 0.2) is 0 Å². The van der Waals surface area contributed by atoms with Crippen LogP contribution in [0.4, 0.5) is 4.39 Å². The van der Waals surface area contributed by atoms with Gasteiger partial charge in [0.25, 0.3) is 0 Å². The molecule has 1 aliphatic carbocycles.